The van der Waals surface area contributed by atoms with Crippen LogP contribution in [0.15, 0.2) is 59.7 Å². The van der Waals surface area contributed by atoms with E-state index in [2.05, 4.69) is 0 Å². The maximum atomic E-state index is 13.8. The summed E-state index contributed by atoms with van der Waals surface area (Å²) in [4.78, 5) is 25.3. The summed E-state index contributed by atoms with van der Waals surface area (Å²) in [5.41, 5.74) is 1.10. The molecule has 0 aliphatic carbocycles. The first-order valence-corrected chi connectivity index (χ1v) is 7.72. The third-order valence-corrected chi connectivity index (χ3v) is 3.95. The second kappa shape index (κ2) is 7.21. The SMILES string of the molecule is O=CN1C/C(=C\c2ccccc2F)C(=O)/C(=C/c2ccccc2F)C1. The summed E-state index contributed by atoms with van der Waals surface area (Å²) in [6.07, 6.45) is 3.49. The number of likely N-dealkylation sites (tertiary alicyclic amines) is 1. The lowest BCUT2D eigenvalue weighted by Gasteiger charge is -2.26. The number of piperidine rings is 1. The minimum Gasteiger partial charge on any atom is -0.336 e. The van der Waals surface area contributed by atoms with Crippen LogP contribution in [0.3, 0.4) is 0 Å². The molecule has 0 saturated carbocycles. The molecule has 126 valence electrons. The van der Waals surface area contributed by atoms with Crippen LogP contribution in [0.25, 0.3) is 12.2 Å². The third kappa shape index (κ3) is 3.71. The van der Waals surface area contributed by atoms with Gasteiger partial charge in [0.1, 0.15) is 11.6 Å². The molecule has 1 heterocycles. The first kappa shape index (κ1) is 16.8. The number of carbonyl (C=O) groups is 2. The Morgan fingerprint density at radius 3 is 1.64 bits per heavy atom. The highest BCUT2D eigenvalue weighted by atomic mass is 19.1. The summed E-state index contributed by atoms with van der Waals surface area (Å²) in [7, 11) is 0. The van der Waals surface area contributed by atoms with Gasteiger partial charge in [-0.2, -0.15) is 0 Å². The van der Waals surface area contributed by atoms with Crippen molar-refractivity contribution in [2.24, 2.45) is 0 Å². The Bertz CT molecular complexity index is 819. The number of rotatable bonds is 3. The van der Waals surface area contributed by atoms with Gasteiger partial charge in [0.25, 0.3) is 0 Å². The number of hydrogen-bond donors (Lipinski definition) is 0. The second-order valence-electron chi connectivity index (χ2n) is 5.72. The van der Waals surface area contributed by atoms with Crippen molar-refractivity contribution in [3.63, 3.8) is 0 Å². The molecule has 1 aliphatic rings. The van der Waals surface area contributed by atoms with Gasteiger partial charge in [-0.3, -0.25) is 9.59 Å². The fourth-order valence-electron chi connectivity index (χ4n) is 2.70. The Morgan fingerprint density at radius 1 is 0.800 bits per heavy atom. The maximum absolute atomic E-state index is 13.8. The van der Waals surface area contributed by atoms with Gasteiger partial charge in [-0.25, -0.2) is 8.78 Å². The van der Waals surface area contributed by atoms with Gasteiger partial charge < -0.3 is 4.90 Å². The van der Waals surface area contributed by atoms with Crippen LogP contribution in [0.5, 0.6) is 0 Å². The Labute approximate surface area is 143 Å². The van der Waals surface area contributed by atoms with Gasteiger partial charge >= 0.3 is 0 Å². The standard InChI is InChI=1S/C20H15F2NO2/c21-18-7-3-1-5-14(18)9-16-11-23(13-24)12-17(20(16)25)10-15-6-2-4-8-19(15)22/h1-10,13H,11-12H2/b16-9+,17-10+. The first-order valence-electron chi connectivity index (χ1n) is 7.72. The summed E-state index contributed by atoms with van der Waals surface area (Å²) >= 11 is 0. The molecule has 5 heteroatoms. The molecule has 3 nitrogen and oxygen atoms in total. The fourth-order valence-corrected chi connectivity index (χ4v) is 2.70. The van der Waals surface area contributed by atoms with Crippen molar-refractivity contribution in [2.75, 3.05) is 13.1 Å². The molecule has 0 aromatic heterocycles. The van der Waals surface area contributed by atoms with Crippen LogP contribution >= 0.6 is 0 Å². The van der Waals surface area contributed by atoms with E-state index in [1.807, 2.05) is 0 Å². The summed E-state index contributed by atoms with van der Waals surface area (Å²) in [6.45, 7) is 0.177. The number of hydrogen-bond acceptors (Lipinski definition) is 2. The normalized spacial score (nSPS) is 18.0. The number of carbonyl (C=O) groups excluding carboxylic acids is 2. The smallest absolute Gasteiger partial charge is 0.210 e. The van der Waals surface area contributed by atoms with Gasteiger partial charge in [0.15, 0.2) is 5.78 Å². The van der Waals surface area contributed by atoms with Crippen molar-refractivity contribution >= 4 is 24.3 Å². The van der Waals surface area contributed by atoms with Gasteiger partial charge in [0.05, 0.1) is 0 Å². The number of halogens is 2. The molecule has 0 unspecified atom stereocenters. The molecule has 1 fully saturated rings. The van der Waals surface area contributed by atoms with Crippen LogP contribution in [-0.4, -0.2) is 30.2 Å². The first-order chi connectivity index (χ1) is 12.1. The lowest BCUT2D eigenvalue weighted by molar-refractivity contribution is -0.119. The Balaban J connectivity index is 2.01. The van der Waals surface area contributed by atoms with Crippen molar-refractivity contribution in [1.82, 2.24) is 4.90 Å². The highest BCUT2D eigenvalue weighted by Gasteiger charge is 2.25. The highest BCUT2D eigenvalue weighted by molar-refractivity contribution is 6.15. The molecule has 25 heavy (non-hydrogen) atoms. The lowest BCUT2D eigenvalue weighted by Crippen LogP contribution is -2.36. The summed E-state index contributed by atoms with van der Waals surface area (Å²) in [6, 6.07) is 12.1. The van der Waals surface area contributed by atoms with Crippen LogP contribution in [0.2, 0.25) is 0 Å². The van der Waals surface area contributed by atoms with E-state index in [0.717, 1.165) is 0 Å². The minimum atomic E-state index is -0.453. The summed E-state index contributed by atoms with van der Waals surface area (Å²) in [5.74, 6) is -1.22. The molecule has 1 amide bonds. The van der Waals surface area contributed by atoms with Crippen LogP contribution in [0.1, 0.15) is 11.1 Å². The topological polar surface area (TPSA) is 37.4 Å². The minimum absolute atomic E-state index is 0.0886. The zero-order valence-corrected chi connectivity index (χ0v) is 13.3. The van der Waals surface area contributed by atoms with Gasteiger partial charge in [0.2, 0.25) is 6.41 Å². The van der Waals surface area contributed by atoms with Crippen molar-refractivity contribution in [3.05, 3.63) is 82.4 Å². The molecule has 0 atom stereocenters. The summed E-state index contributed by atoms with van der Waals surface area (Å²) in [5, 5.41) is 0. The largest absolute Gasteiger partial charge is 0.336 e. The molecule has 1 aliphatic heterocycles. The molecular weight excluding hydrogens is 324 g/mol. The maximum Gasteiger partial charge on any atom is 0.210 e. The monoisotopic (exact) mass is 339 g/mol. The van der Waals surface area contributed by atoms with Crippen LogP contribution in [-0.2, 0) is 9.59 Å². The van der Waals surface area contributed by atoms with Gasteiger partial charge in [-0.05, 0) is 24.3 Å². The Kier molecular flexibility index (Phi) is 4.84. The molecule has 0 radical (unpaired) electrons. The zero-order chi connectivity index (χ0) is 17.8. The van der Waals surface area contributed by atoms with Gasteiger partial charge in [-0.15, -0.1) is 0 Å². The van der Waals surface area contributed by atoms with E-state index in [-0.39, 0.29) is 41.1 Å². The van der Waals surface area contributed by atoms with Crippen LogP contribution in [0.4, 0.5) is 8.78 Å². The molecular formula is C20H15F2NO2. The summed E-state index contributed by atoms with van der Waals surface area (Å²) < 4.78 is 27.7. The molecule has 0 spiro atoms. The zero-order valence-electron chi connectivity index (χ0n) is 13.3. The predicted molar refractivity (Wildman–Crippen MR) is 91.4 cm³/mol. The number of amides is 1. The number of benzene rings is 2. The van der Waals surface area contributed by atoms with Crippen LogP contribution < -0.4 is 0 Å². The Hall–Kier alpha value is -3.08. The average molecular weight is 339 g/mol. The molecule has 0 bridgehead atoms. The number of Topliss-reactive ketones (excluding diaryl/α,β-unsaturated/α-hetero) is 1. The molecule has 2 aromatic rings. The number of ketones is 1. The Morgan fingerprint density at radius 2 is 1.24 bits per heavy atom. The van der Waals surface area contributed by atoms with E-state index in [9.17, 15) is 18.4 Å². The van der Waals surface area contributed by atoms with E-state index in [0.29, 0.717) is 6.41 Å². The molecule has 3 rings (SSSR count). The van der Waals surface area contributed by atoms with Crippen molar-refractivity contribution in [1.29, 1.82) is 0 Å². The number of nitrogens with zero attached hydrogens (tertiary/aromatic N) is 1. The lowest BCUT2D eigenvalue weighted by atomic mass is 9.94. The van der Waals surface area contributed by atoms with E-state index < -0.39 is 11.6 Å². The van der Waals surface area contributed by atoms with Crippen LogP contribution in [0, 0.1) is 11.6 Å². The second-order valence-corrected chi connectivity index (χ2v) is 5.72. The molecule has 1 saturated heterocycles. The molecule has 0 N–H and O–H groups in total. The van der Waals surface area contributed by atoms with E-state index in [1.54, 1.807) is 36.4 Å². The fraction of sp³-hybridized carbons (Fsp3) is 0.100. The van der Waals surface area contributed by atoms with Crippen molar-refractivity contribution in [2.45, 2.75) is 0 Å². The van der Waals surface area contributed by atoms with E-state index >= 15 is 0 Å². The van der Waals surface area contributed by atoms with Gasteiger partial charge in [-0.1, -0.05) is 36.4 Å². The van der Waals surface area contributed by atoms with Crippen molar-refractivity contribution in [3.8, 4) is 0 Å². The third-order valence-electron chi connectivity index (χ3n) is 3.95. The highest BCUT2D eigenvalue weighted by Crippen LogP contribution is 2.22. The average Bonchev–Trinajstić information content (AvgIpc) is 2.62. The van der Waals surface area contributed by atoms with E-state index in [1.165, 1.54) is 29.2 Å². The molecule has 2 aromatic carbocycles. The van der Waals surface area contributed by atoms with Gasteiger partial charge in [0, 0.05) is 35.4 Å². The van der Waals surface area contributed by atoms with Crippen molar-refractivity contribution < 1.29 is 18.4 Å². The predicted octanol–water partition coefficient (Wildman–Crippen LogP) is 3.47. The van der Waals surface area contributed by atoms with E-state index in [4.69, 9.17) is 0 Å². The quantitative estimate of drug-likeness (QED) is 0.634.